The normalized spacial score (nSPS) is 11.4. The van der Waals surface area contributed by atoms with Gasteiger partial charge >= 0.3 is 0 Å². The van der Waals surface area contributed by atoms with Gasteiger partial charge in [0.25, 0.3) is 0 Å². The number of rotatable bonds is 6. The lowest BCUT2D eigenvalue weighted by atomic mass is 10.1. The van der Waals surface area contributed by atoms with E-state index in [4.69, 9.17) is 9.72 Å². The lowest BCUT2D eigenvalue weighted by Crippen LogP contribution is -1.96. The molecule has 0 amide bonds. The number of nitrogens with zero attached hydrogens (tertiary/aromatic N) is 7. The van der Waals surface area contributed by atoms with Crippen LogP contribution in [0, 0.1) is 6.92 Å². The zero-order chi connectivity index (χ0) is 25.5. The van der Waals surface area contributed by atoms with E-state index in [1.807, 2.05) is 60.2 Å². The fraction of sp³-hybridized carbons (Fsp3) is 0.0714. The summed E-state index contributed by atoms with van der Waals surface area (Å²) in [5.74, 6) is 1.31. The summed E-state index contributed by atoms with van der Waals surface area (Å²) in [5.41, 5.74) is 7.53. The summed E-state index contributed by atoms with van der Waals surface area (Å²) in [6.07, 6.45) is 12.5. The fourth-order valence-corrected chi connectivity index (χ4v) is 4.41. The van der Waals surface area contributed by atoms with Gasteiger partial charge in [0.2, 0.25) is 0 Å². The average Bonchev–Trinajstić information content (AvgIpc) is 3.70. The highest BCUT2D eigenvalue weighted by Crippen LogP contribution is 2.31. The third kappa shape index (κ3) is 3.94. The maximum absolute atomic E-state index is 5.97. The van der Waals surface area contributed by atoms with Gasteiger partial charge in [0.1, 0.15) is 23.6 Å². The predicted molar refractivity (Wildman–Crippen MR) is 143 cm³/mol. The van der Waals surface area contributed by atoms with E-state index < -0.39 is 0 Å². The van der Waals surface area contributed by atoms with Gasteiger partial charge in [-0.3, -0.25) is 20.1 Å². The Kier molecular flexibility index (Phi) is 5.14. The first kappa shape index (κ1) is 21.9. The van der Waals surface area contributed by atoms with Crippen molar-refractivity contribution in [2.75, 3.05) is 0 Å². The molecule has 184 valence electrons. The van der Waals surface area contributed by atoms with Gasteiger partial charge in [-0.2, -0.15) is 5.10 Å². The van der Waals surface area contributed by atoms with Crippen molar-refractivity contribution >= 4 is 21.9 Å². The molecule has 2 N–H and O–H groups in total. The minimum atomic E-state index is 0.464. The summed E-state index contributed by atoms with van der Waals surface area (Å²) in [4.78, 5) is 25.9. The van der Waals surface area contributed by atoms with Crippen LogP contribution >= 0.6 is 0 Å². The molecular weight excluding hydrogens is 478 g/mol. The highest BCUT2D eigenvalue weighted by molar-refractivity contribution is 5.95. The SMILES string of the molecule is Cc1cn(-c2cncc3[nH]c(-c4n[nH]c5cnc(-c6cncc(OCc7ccccc7)c6)cc45)nc23)cn1. The van der Waals surface area contributed by atoms with Crippen molar-refractivity contribution < 1.29 is 4.74 Å². The largest absolute Gasteiger partial charge is 0.487 e. The van der Waals surface area contributed by atoms with Crippen molar-refractivity contribution in [3.63, 3.8) is 0 Å². The van der Waals surface area contributed by atoms with Crippen LogP contribution in [0.4, 0.5) is 0 Å². The number of imidazole rings is 2. The number of pyridine rings is 3. The maximum Gasteiger partial charge on any atom is 0.159 e. The number of aromatic amines is 2. The topological polar surface area (TPSA) is 123 Å². The van der Waals surface area contributed by atoms with E-state index in [1.165, 1.54) is 0 Å². The summed E-state index contributed by atoms with van der Waals surface area (Å²) in [6.45, 7) is 2.41. The zero-order valence-electron chi connectivity index (χ0n) is 20.3. The minimum absolute atomic E-state index is 0.464. The van der Waals surface area contributed by atoms with Crippen molar-refractivity contribution in [3.8, 4) is 34.2 Å². The molecule has 0 unspecified atom stereocenters. The molecule has 10 heteroatoms. The van der Waals surface area contributed by atoms with Gasteiger partial charge in [0, 0.05) is 23.3 Å². The van der Waals surface area contributed by atoms with Crippen LogP contribution < -0.4 is 4.74 Å². The second kappa shape index (κ2) is 8.93. The molecule has 6 heterocycles. The molecule has 10 nitrogen and oxygen atoms in total. The smallest absolute Gasteiger partial charge is 0.159 e. The van der Waals surface area contributed by atoms with Crippen molar-refractivity contribution in [2.45, 2.75) is 13.5 Å². The molecule has 38 heavy (non-hydrogen) atoms. The van der Waals surface area contributed by atoms with Gasteiger partial charge in [-0.25, -0.2) is 9.97 Å². The van der Waals surface area contributed by atoms with E-state index in [0.29, 0.717) is 23.9 Å². The van der Waals surface area contributed by atoms with E-state index in [0.717, 1.165) is 50.1 Å². The standard InChI is InChI=1S/C28H21N9O/c1-17-14-37(16-32-17)25-13-30-11-24-27(25)34-28(33-24)26-21-8-22(31-12-23(21)35-36-26)19-7-20(10-29-9-19)38-15-18-5-3-2-4-6-18/h2-14,16H,15H2,1H3,(H,33,34)(H,35,36). The molecule has 0 aliphatic carbocycles. The summed E-state index contributed by atoms with van der Waals surface area (Å²) in [6, 6.07) is 14.0. The predicted octanol–water partition coefficient (Wildman–Crippen LogP) is 5.03. The Balaban J connectivity index is 1.24. The quantitative estimate of drug-likeness (QED) is 0.329. The van der Waals surface area contributed by atoms with Crippen molar-refractivity contribution in [1.82, 2.24) is 44.7 Å². The van der Waals surface area contributed by atoms with Crippen LogP contribution in [0.25, 0.3) is 50.4 Å². The number of hydrogen-bond donors (Lipinski definition) is 2. The van der Waals surface area contributed by atoms with Crippen LogP contribution in [0.15, 0.2) is 86.0 Å². The van der Waals surface area contributed by atoms with E-state index in [1.54, 1.807) is 37.3 Å². The third-order valence-corrected chi connectivity index (χ3v) is 6.29. The summed E-state index contributed by atoms with van der Waals surface area (Å²) in [7, 11) is 0. The minimum Gasteiger partial charge on any atom is -0.487 e. The third-order valence-electron chi connectivity index (χ3n) is 6.29. The first-order chi connectivity index (χ1) is 18.7. The molecule has 0 atom stereocenters. The lowest BCUT2D eigenvalue weighted by molar-refractivity contribution is 0.305. The maximum atomic E-state index is 5.97. The number of hydrogen-bond acceptors (Lipinski definition) is 7. The highest BCUT2D eigenvalue weighted by Gasteiger charge is 2.17. The Hall–Kier alpha value is -5.38. The molecule has 0 bridgehead atoms. The van der Waals surface area contributed by atoms with E-state index in [-0.39, 0.29) is 0 Å². The van der Waals surface area contributed by atoms with E-state index >= 15 is 0 Å². The Bertz CT molecular complexity index is 1900. The molecule has 0 aliphatic rings. The van der Waals surface area contributed by atoms with Gasteiger partial charge < -0.3 is 14.3 Å². The average molecular weight is 500 g/mol. The number of ether oxygens (including phenoxy) is 1. The van der Waals surface area contributed by atoms with Crippen molar-refractivity contribution in [1.29, 1.82) is 0 Å². The second-order valence-electron chi connectivity index (χ2n) is 8.93. The molecule has 6 aromatic heterocycles. The lowest BCUT2D eigenvalue weighted by Gasteiger charge is -2.08. The van der Waals surface area contributed by atoms with Crippen molar-refractivity contribution in [3.05, 3.63) is 97.2 Å². The number of H-pyrrole nitrogens is 2. The fourth-order valence-electron chi connectivity index (χ4n) is 4.41. The molecule has 7 rings (SSSR count). The molecule has 0 aliphatic heterocycles. The highest BCUT2D eigenvalue weighted by atomic mass is 16.5. The molecule has 0 spiro atoms. The van der Waals surface area contributed by atoms with E-state index in [9.17, 15) is 0 Å². The van der Waals surface area contributed by atoms with Crippen LogP contribution in [-0.2, 0) is 6.61 Å². The van der Waals surface area contributed by atoms with Gasteiger partial charge in [-0.1, -0.05) is 30.3 Å². The van der Waals surface area contributed by atoms with Crippen LogP contribution in [-0.4, -0.2) is 44.7 Å². The number of fused-ring (bicyclic) bond motifs is 2. The Labute approximate surface area is 216 Å². The number of aryl methyl sites for hydroxylation is 1. The Morgan fingerprint density at radius 1 is 0.921 bits per heavy atom. The summed E-state index contributed by atoms with van der Waals surface area (Å²) >= 11 is 0. The Morgan fingerprint density at radius 2 is 1.82 bits per heavy atom. The van der Waals surface area contributed by atoms with Crippen LogP contribution in [0.1, 0.15) is 11.3 Å². The first-order valence-electron chi connectivity index (χ1n) is 12.0. The molecule has 1 aromatic carbocycles. The molecule has 0 radical (unpaired) electrons. The molecule has 0 saturated carbocycles. The van der Waals surface area contributed by atoms with Crippen LogP contribution in [0.3, 0.4) is 0 Å². The molecule has 0 fully saturated rings. The van der Waals surface area contributed by atoms with Crippen LogP contribution in [0.2, 0.25) is 0 Å². The Morgan fingerprint density at radius 3 is 2.68 bits per heavy atom. The van der Waals surface area contributed by atoms with Crippen molar-refractivity contribution in [2.24, 2.45) is 0 Å². The summed E-state index contributed by atoms with van der Waals surface area (Å²) in [5, 5.41) is 8.50. The second-order valence-corrected chi connectivity index (χ2v) is 8.93. The number of aromatic nitrogens is 9. The summed E-state index contributed by atoms with van der Waals surface area (Å²) < 4.78 is 7.88. The van der Waals surface area contributed by atoms with Gasteiger partial charge in [0.15, 0.2) is 5.82 Å². The first-order valence-corrected chi connectivity index (χ1v) is 12.0. The molecule has 7 aromatic rings. The monoisotopic (exact) mass is 499 g/mol. The zero-order valence-corrected chi connectivity index (χ0v) is 20.3. The molecule has 0 saturated heterocycles. The van der Waals surface area contributed by atoms with Gasteiger partial charge in [-0.15, -0.1) is 0 Å². The van der Waals surface area contributed by atoms with Gasteiger partial charge in [-0.05, 0) is 24.6 Å². The number of benzene rings is 1. The molecular formula is C28H21N9O. The van der Waals surface area contributed by atoms with E-state index in [2.05, 4.69) is 35.1 Å². The number of nitrogens with one attached hydrogen (secondary N) is 2. The van der Waals surface area contributed by atoms with Crippen LogP contribution in [0.5, 0.6) is 5.75 Å². The van der Waals surface area contributed by atoms with Gasteiger partial charge in [0.05, 0.1) is 59.2 Å².